The highest BCUT2D eigenvalue weighted by molar-refractivity contribution is 6.24. The third-order valence-corrected chi connectivity index (χ3v) is 2.87. The summed E-state index contributed by atoms with van der Waals surface area (Å²) in [6.45, 7) is 1.49. The van der Waals surface area contributed by atoms with Gasteiger partial charge >= 0.3 is 5.97 Å². The van der Waals surface area contributed by atoms with Gasteiger partial charge in [-0.25, -0.2) is 0 Å². The Kier molecular flexibility index (Phi) is 4.61. The standard InChI is InChI=1S/C17H14O4/c1-12-11-15(19)16(17(20)21-12)14(18)10-6-5-9-13-7-3-2-4-8-13/h2-11,16H,1H3. The average Bonchev–Trinajstić information content (AvgIpc) is 2.43. The molecule has 0 N–H and O–H groups in total. The molecule has 2 rings (SSSR count). The van der Waals surface area contributed by atoms with E-state index < -0.39 is 23.5 Å². The number of allylic oxidation sites excluding steroid dienone is 5. The van der Waals surface area contributed by atoms with Gasteiger partial charge < -0.3 is 4.74 Å². The van der Waals surface area contributed by atoms with Crippen LogP contribution in [0.2, 0.25) is 0 Å². The van der Waals surface area contributed by atoms with Gasteiger partial charge in [0.15, 0.2) is 17.5 Å². The largest absolute Gasteiger partial charge is 0.430 e. The number of rotatable bonds is 4. The second-order valence-corrected chi connectivity index (χ2v) is 4.54. The van der Waals surface area contributed by atoms with Crippen molar-refractivity contribution in [3.63, 3.8) is 0 Å². The van der Waals surface area contributed by atoms with Gasteiger partial charge in [-0.3, -0.25) is 14.4 Å². The lowest BCUT2D eigenvalue weighted by Crippen LogP contribution is -2.34. The van der Waals surface area contributed by atoms with Gasteiger partial charge in [0.2, 0.25) is 0 Å². The van der Waals surface area contributed by atoms with Crippen LogP contribution in [-0.2, 0) is 19.1 Å². The number of carbonyl (C=O) groups is 3. The van der Waals surface area contributed by atoms with Gasteiger partial charge in [0.05, 0.1) is 0 Å². The molecule has 1 aliphatic rings. The maximum absolute atomic E-state index is 11.9. The summed E-state index contributed by atoms with van der Waals surface area (Å²) >= 11 is 0. The van der Waals surface area contributed by atoms with Crippen LogP contribution in [0.1, 0.15) is 12.5 Å². The molecule has 0 saturated heterocycles. The lowest BCUT2D eigenvalue weighted by Gasteiger charge is -2.15. The Morgan fingerprint density at radius 3 is 2.52 bits per heavy atom. The molecule has 0 radical (unpaired) electrons. The predicted octanol–water partition coefficient (Wildman–Crippen LogP) is 2.47. The van der Waals surface area contributed by atoms with Crippen LogP contribution >= 0.6 is 0 Å². The maximum Gasteiger partial charge on any atom is 0.329 e. The summed E-state index contributed by atoms with van der Waals surface area (Å²) in [6.07, 6.45) is 7.36. The number of benzene rings is 1. The molecule has 0 aromatic heterocycles. The molecule has 0 spiro atoms. The number of hydrogen-bond acceptors (Lipinski definition) is 4. The zero-order valence-electron chi connectivity index (χ0n) is 11.5. The van der Waals surface area contributed by atoms with Crippen molar-refractivity contribution in [2.75, 3.05) is 0 Å². The highest BCUT2D eigenvalue weighted by atomic mass is 16.5. The van der Waals surface area contributed by atoms with E-state index in [2.05, 4.69) is 0 Å². The Balaban J connectivity index is 2.01. The van der Waals surface area contributed by atoms with Crippen molar-refractivity contribution in [1.82, 2.24) is 0 Å². The lowest BCUT2D eigenvalue weighted by molar-refractivity contribution is -0.151. The van der Waals surface area contributed by atoms with Crippen LogP contribution in [-0.4, -0.2) is 17.5 Å². The van der Waals surface area contributed by atoms with E-state index in [-0.39, 0.29) is 5.76 Å². The van der Waals surface area contributed by atoms with Crippen LogP contribution in [0.15, 0.2) is 60.4 Å². The zero-order chi connectivity index (χ0) is 15.2. The molecule has 106 valence electrons. The molecule has 0 bridgehead atoms. The molecular formula is C17H14O4. The summed E-state index contributed by atoms with van der Waals surface area (Å²) in [5, 5.41) is 0. The predicted molar refractivity (Wildman–Crippen MR) is 78.0 cm³/mol. The minimum Gasteiger partial charge on any atom is -0.430 e. The summed E-state index contributed by atoms with van der Waals surface area (Å²) in [5.41, 5.74) is 0.987. The molecule has 1 aromatic carbocycles. The highest BCUT2D eigenvalue weighted by Gasteiger charge is 2.36. The van der Waals surface area contributed by atoms with E-state index in [4.69, 9.17) is 4.74 Å². The number of carbonyl (C=O) groups excluding carboxylic acids is 3. The van der Waals surface area contributed by atoms with Gasteiger partial charge in [-0.2, -0.15) is 0 Å². The SMILES string of the molecule is CC1=CC(=O)C(C(=O)C=CC=Cc2ccccc2)C(=O)O1. The first kappa shape index (κ1) is 14.7. The molecule has 1 heterocycles. The van der Waals surface area contributed by atoms with Gasteiger partial charge in [-0.1, -0.05) is 48.6 Å². The van der Waals surface area contributed by atoms with Crippen LogP contribution in [0, 0.1) is 5.92 Å². The average molecular weight is 282 g/mol. The molecular weight excluding hydrogens is 268 g/mol. The third kappa shape index (κ3) is 3.86. The second-order valence-electron chi connectivity index (χ2n) is 4.54. The van der Waals surface area contributed by atoms with Crippen molar-refractivity contribution in [2.24, 2.45) is 5.92 Å². The van der Waals surface area contributed by atoms with Crippen LogP contribution in [0.3, 0.4) is 0 Å². The van der Waals surface area contributed by atoms with E-state index in [0.717, 1.165) is 11.6 Å². The number of cyclic esters (lactones) is 1. The first-order chi connectivity index (χ1) is 10.1. The molecule has 0 fully saturated rings. The molecule has 1 aromatic rings. The molecule has 4 nitrogen and oxygen atoms in total. The lowest BCUT2D eigenvalue weighted by atomic mass is 9.96. The summed E-state index contributed by atoms with van der Waals surface area (Å²) < 4.78 is 4.79. The van der Waals surface area contributed by atoms with Crippen molar-refractivity contribution in [3.8, 4) is 0 Å². The summed E-state index contributed by atoms with van der Waals surface area (Å²) in [5.74, 6) is -3.10. The van der Waals surface area contributed by atoms with E-state index in [0.29, 0.717) is 0 Å². The third-order valence-electron chi connectivity index (χ3n) is 2.87. The minimum atomic E-state index is -1.38. The minimum absolute atomic E-state index is 0.210. The summed E-state index contributed by atoms with van der Waals surface area (Å²) in [4.78, 5) is 35.1. The molecule has 4 heteroatoms. The molecule has 0 aliphatic carbocycles. The van der Waals surface area contributed by atoms with E-state index in [1.54, 1.807) is 6.08 Å². The topological polar surface area (TPSA) is 60.4 Å². The summed E-state index contributed by atoms with van der Waals surface area (Å²) in [7, 11) is 0. The number of ketones is 2. The smallest absolute Gasteiger partial charge is 0.329 e. The first-order valence-corrected chi connectivity index (χ1v) is 6.45. The Morgan fingerprint density at radius 2 is 1.86 bits per heavy atom. The van der Waals surface area contributed by atoms with Gasteiger partial charge in [0.25, 0.3) is 0 Å². The molecule has 1 aliphatic heterocycles. The van der Waals surface area contributed by atoms with E-state index in [1.807, 2.05) is 36.4 Å². The Labute approximate surface area is 122 Å². The van der Waals surface area contributed by atoms with Crippen molar-refractivity contribution >= 4 is 23.6 Å². The second kappa shape index (κ2) is 6.61. The van der Waals surface area contributed by atoms with E-state index >= 15 is 0 Å². The van der Waals surface area contributed by atoms with Crippen LogP contribution < -0.4 is 0 Å². The van der Waals surface area contributed by atoms with Crippen LogP contribution in [0.4, 0.5) is 0 Å². The molecule has 21 heavy (non-hydrogen) atoms. The van der Waals surface area contributed by atoms with Crippen molar-refractivity contribution in [2.45, 2.75) is 6.92 Å². The fourth-order valence-corrected chi connectivity index (χ4v) is 1.88. The fraction of sp³-hybridized carbons (Fsp3) is 0.118. The number of ether oxygens (including phenoxy) is 1. The van der Waals surface area contributed by atoms with Crippen molar-refractivity contribution in [1.29, 1.82) is 0 Å². The number of esters is 1. The zero-order valence-corrected chi connectivity index (χ0v) is 11.5. The number of hydrogen-bond donors (Lipinski definition) is 0. The van der Waals surface area contributed by atoms with Crippen LogP contribution in [0.25, 0.3) is 6.08 Å². The quantitative estimate of drug-likeness (QED) is 0.368. The van der Waals surface area contributed by atoms with Crippen molar-refractivity contribution in [3.05, 3.63) is 66.0 Å². The van der Waals surface area contributed by atoms with Crippen LogP contribution in [0.5, 0.6) is 0 Å². The normalized spacial score (nSPS) is 18.9. The van der Waals surface area contributed by atoms with Gasteiger partial charge in [-0.05, 0) is 18.6 Å². The molecule has 1 atom stereocenters. The molecule has 1 unspecified atom stereocenters. The van der Waals surface area contributed by atoms with Gasteiger partial charge in [0.1, 0.15) is 5.76 Å². The van der Waals surface area contributed by atoms with Gasteiger partial charge in [-0.15, -0.1) is 0 Å². The molecule has 0 saturated carbocycles. The first-order valence-electron chi connectivity index (χ1n) is 6.45. The Hall–Kier alpha value is -2.75. The Morgan fingerprint density at radius 1 is 1.14 bits per heavy atom. The van der Waals surface area contributed by atoms with Crippen molar-refractivity contribution < 1.29 is 19.1 Å². The maximum atomic E-state index is 11.9. The van der Waals surface area contributed by atoms with Gasteiger partial charge in [0, 0.05) is 6.08 Å². The van der Waals surface area contributed by atoms with E-state index in [9.17, 15) is 14.4 Å². The monoisotopic (exact) mass is 282 g/mol. The molecule has 0 amide bonds. The summed E-state index contributed by atoms with van der Waals surface area (Å²) in [6, 6.07) is 9.55. The fourth-order valence-electron chi connectivity index (χ4n) is 1.88. The Bertz CT molecular complexity index is 651. The van der Waals surface area contributed by atoms with E-state index in [1.165, 1.54) is 19.1 Å². The highest BCUT2D eigenvalue weighted by Crippen LogP contribution is 2.16.